The second kappa shape index (κ2) is 11.0. The van der Waals surface area contributed by atoms with Crippen LogP contribution in [0.2, 0.25) is 0 Å². The Morgan fingerprint density at radius 3 is 2.56 bits per heavy atom. The van der Waals surface area contributed by atoms with Gasteiger partial charge in [-0.2, -0.15) is 0 Å². The van der Waals surface area contributed by atoms with Crippen LogP contribution in [0.1, 0.15) is 43.5 Å². The molecule has 1 aromatic heterocycles. The first-order valence-electron chi connectivity index (χ1n) is 11.8. The molecule has 2 fully saturated rings. The lowest BCUT2D eigenvalue weighted by Crippen LogP contribution is -2.48. The lowest BCUT2D eigenvalue weighted by molar-refractivity contribution is -0.126. The van der Waals surface area contributed by atoms with E-state index in [0.717, 1.165) is 37.5 Å². The Balaban J connectivity index is 1.32. The molecule has 0 radical (unpaired) electrons. The normalized spacial score (nSPS) is 21.2. The molecule has 32 heavy (non-hydrogen) atoms. The fraction of sp³-hybridized carbons (Fsp3) is 0.520. The molecule has 172 valence electrons. The molecule has 2 atom stereocenters. The molecule has 2 aromatic rings. The number of hydrogen-bond donors (Lipinski definition) is 2. The van der Waals surface area contributed by atoms with E-state index in [2.05, 4.69) is 40.0 Å². The zero-order valence-corrected chi connectivity index (χ0v) is 19.7. The smallest absolute Gasteiger partial charge is 0.321 e. The van der Waals surface area contributed by atoms with Gasteiger partial charge in [0.15, 0.2) is 0 Å². The van der Waals surface area contributed by atoms with Gasteiger partial charge >= 0.3 is 6.03 Å². The minimum atomic E-state index is -0.157. The van der Waals surface area contributed by atoms with Crippen LogP contribution in [0.15, 0.2) is 47.8 Å². The van der Waals surface area contributed by atoms with Gasteiger partial charge in [-0.25, -0.2) is 4.79 Å². The first-order valence-corrected chi connectivity index (χ1v) is 12.6. The Bertz CT molecular complexity index is 865. The van der Waals surface area contributed by atoms with Gasteiger partial charge in [0.05, 0.1) is 12.0 Å². The first-order chi connectivity index (χ1) is 15.6. The first kappa shape index (κ1) is 22.8. The number of benzene rings is 1. The summed E-state index contributed by atoms with van der Waals surface area (Å²) in [5, 5.41) is 8.27. The van der Waals surface area contributed by atoms with Gasteiger partial charge in [-0.1, -0.05) is 31.2 Å². The Morgan fingerprint density at radius 1 is 1.06 bits per heavy atom. The second-order valence-corrected chi connectivity index (χ2v) is 10.1. The van der Waals surface area contributed by atoms with E-state index in [1.165, 1.54) is 17.7 Å². The topological polar surface area (TPSA) is 64.7 Å². The molecule has 2 aliphatic heterocycles. The number of carbonyl (C=O) groups is 2. The number of nitrogens with one attached hydrogen (secondary N) is 2. The number of nitrogens with zero attached hydrogens (tertiary/aromatic N) is 2. The summed E-state index contributed by atoms with van der Waals surface area (Å²) >= 11 is 1.76. The van der Waals surface area contributed by atoms with E-state index >= 15 is 0 Å². The van der Waals surface area contributed by atoms with E-state index in [9.17, 15) is 9.59 Å². The van der Waals surface area contributed by atoms with E-state index in [0.29, 0.717) is 19.6 Å². The second-order valence-electron chi connectivity index (χ2n) is 9.08. The Morgan fingerprint density at radius 2 is 1.84 bits per heavy atom. The van der Waals surface area contributed by atoms with E-state index in [4.69, 9.17) is 0 Å². The van der Waals surface area contributed by atoms with Crippen LogP contribution in [0, 0.1) is 11.8 Å². The molecular weight excluding hydrogens is 420 g/mol. The summed E-state index contributed by atoms with van der Waals surface area (Å²) in [6.45, 7) is 6.26. The van der Waals surface area contributed by atoms with Crippen molar-refractivity contribution in [2.24, 2.45) is 11.8 Å². The Kier molecular flexibility index (Phi) is 7.81. The van der Waals surface area contributed by atoms with Gasteiger partial charge in [-0.05, 0) is 68.3 Å². The largest absolute Gasteiger partial charge is 0.354 e. The maximum Gasteiger partial charge on any atom is 0.321 e. The molecule has 4 rings (SSSR count). The van der Waals surface area contributed by atoms with Crippen LogP contribution >= 0.6 is 11.3 Å². The van der Waals surface area contributed by atoms with Crippen molar-refractivity contribution in [1.29, 1.82) is 0 Å². The van der Waals surface area contributed by atoms with Crippen LogP contribution in [0.4, 0.5) is 10.5 Å². The van der Waals surface area contributed by atoms with Gasteiger partial charge in [-0.15, -0.1) is 11.3 Å². The minimum Gasteiger partial charge on any atom is -0.354 e. The molecule has 0 saturated carbocycles. The molecule has 6 nitrogen and oxygen atoms in total. The molecule has 2 aliphatic rings. The third-order valence-electron chi connectivity index (χ3n) is 6.70. The Labute approximate surface area is 195 Å². The summed E-state index contributed by atoms with van der Waals surface area (Å²) < 4.78 is 0. The maximum absolute atomic E-state index is 13.0. The summed E-state index contributed by atoms with van der Waals surface area (Å²) in [7, 11) is 0. The van der Waals surface area contributed by atoms with Gasteiger partial charge in [0, 0.05) is 30.2 Å². The highest BCUT2D eigenvalue weighted by Gasteiger charge is 2.30. The third kappa shape index (κ3) is 5.90. The number of rotatable bonds is 6. The number of thiophene rings is 1. The molecule has 2 saturated heterocycles. The summed E-state index contributed by atoms with van der Waals surface area (Å²) in [6.07, 6.45) is 4.10. The number of likely N-dealkylation sites (tertiary alicyclic amines) is 2. The van der Waals surface area contributed by atoms with Crippen molar-refractivity contribution in [2.75, 3.05) is 38.0 Å². The van der Waals surface area contributed by atoms with Gasteiger partial charge in [-0.3, -0.25) is 9.69 Å². The van der Waals surface area contributed by atoms with E-state index in [1.54, 1.807) is 16.2 Å². The van der Waals surface area contributed by atoms with E-state index in [-0.39, 0.29) is 23.9 Å². The lowest BCUT2D eigenvalue weighted by Gasteiger charge is -2.37. The quantitative estimate of drug-likeness (QED) is 0.671. The molecular formula is C25H34N4O2S. The predicted molar refractivity (Wildman–Crippen MR) is 130 cm³/mol. The monoisotopic (exact) mass is 454 g/mol. The van der Waals surface area contributed by atoms with Gasteiger partial charge in [0.25, 0.3) is 0 Å². The number of urea groups is 1. The number of para-hydroxylation sites is 1. The highest BCUT2D eigenvalue weighted by Crippen LogP contribution is 2.29. The summed E-state index contributed by atoms with van der Waals surface area (Å²) in [4.78, 5) is 31.3. The number of amides is 3. The maximum atomic E-state index is 13.0. The molecule has 0 unspecified atom stereocenters. The van der Waals surface area contributed by atoms with Crippen molar-refractivity contribution >= 4 is 29.0 Å². The van der Waals surface area contributed by atoms with Crippen molar-refractivity contribution in [3.63, 3.8) is 0 Å². The molecule has 0 aliphatic carbocycles. The molecule has 1 aromatic carbocycles. The van der Waals surface area contributed by atoms with Crippen molar-refractivity contribution in [2.45, 2.75) is 38.6 Å². The fourth-order valence-electron chi connectivity index (χ4n) is 4.67. The average molecular weight is 455 g/mol. The molecule has 3 amide bonds. The fourth-order valence-corrected chi connectivity index (χ4v) is 5.53. The zero-order chi connectivity index (χ0) is 22.3. The lowest BCUT2D eigenvalue weighted by atomic mass is 9.96. The molecule has 0 spiro atoms. The molecule has 7 heteroatoms. The summed E-state index contributed by atoms with van der Waals surface area (Å²) in [5.41, 5.74) is 0.777. The van der Waals surface area contributed by atoms with Crippen molar-refractivity contribution < 1.29 is 9.59 Å². The van der Waals surface area contributed by atoms with Crippen LogP contribution in [-0.2, 0) is 4.79 Å². The average Bonchev–Trinajstić information content (AvgIpc) is 3.35. The van der Waals surface area contributed by atoms with E-state index < -0.39 is 0 Å². The van der Waals surface area contributed by atoms with Crippen LogP contribution in [0.5, 0.6) is 0 Å². The summed E-state index contributed by atoms with van der Waals surface area (Å²) in [6, 6.07) is 13.8. The highest BCUT2D eigenvalue weighted by atomic mass is 32.1. The van der Waals surface area contributed by atoms with Gasteiger partial charge < -0.3 is 15.5 Å². The molecule has 2 N–H and O–H groups in total. The highest BCUT2D eigenvalue weighted by molar-refractivity contribution is 7.10. The zero-order valence-electron chi connectivity index (χ0n) is 18.8. The standard InChI is InChI=1S/C25H34N4O2S/c1-19-11-14-28(15-12-19)22(23-10-6-16-32-23)17-26-24(30)20-7-5-13-29(18-20)25(31)27-21-8-3-2-4-9-21/h2-4,6,8-10,16,19-20,22H,5,7,11-15,17-18H2,1H3,(H,26,30)(H,27,31)/t20-,22+/m1/s1. The van der Waals surface area contributed by atoms with Gasteiger partial charge in [0.1, 0.15) is 0 Å². The van der Waals surface area contributed by atoms with Crippen molar-refractivity contribution in [3.05, 3.63) is 52.7 Å². The predicted octanol–water partition coefficient (Wildman–Crippen LogP) is 4.58. The van der Waals surface area contributed by atoms with Crippen molar-refractivity contribution in [1.82, 2.24) is 15.1 Å². The number of piperidine rings is 2. The third-order valence-corrected chi connectivity index (χ3v) is 7.68. The van der Waals surface area contributed by atoms with Crippen LogP contribution in [0.3, 0.4) is 0 Å². The SMILES string of the molecule is CC1CCN([C@@H](CNC(=O)[C@@H]2CCCN(C(=O)Nc3ccccc3)C2)c2cccs2)CC1. The van der Waals surface area contributed by atoms with Gasteiger partial charge in [0.2, 0.25) is 5.91 Å². The number of carbonyl (C=O) groups excluding carboxylic acids is 2. The van der Waals surface area contributed by atoms with Crippen LogP contribution in [0.25, 0.3) is 0 Å². The molecule has 3 heterocycles. The number of hydrogen-bond acceptors (Lipinski definition) is 4. The summed E-state index contributed by atoms with van der Waals surface area (Å²) in [5.74, 6) is 0.685. The van der Waals surface area contributed by atoms with Crippen molar-refractivity contribution in [3.8, 4) is 0 Å². The molecule has 0 bridgehead atoms. The minimum absolute atomic E-state index is 0.0640. The Hall–Kier alpha value is -2.38. The van der Waals surface area contributed by atoms with Crippen LogP contribution in [-0.4, -0.2) is 54.5 Å². The van der Waals surface area contributed by atoms with Crippen LogP contribution < -0.4 is 10.6 Å². The number of anilines is 1. The van der Waals surface area contributed by atoms with E-state index in [1.807, 2.05) is 30.3 Å².